The molecule has 2 N–H and O–H groups in total. The van der Waals surface area contributed by atoms with E-state index >= 15 is 0 Å². The molecule has 0 aliphatic carbocycles. The number of nitrogens with one attached hydrogen (secondary N) is 2. The Morgan fingerprint density at radius 1 is 0.967 bits per heavy atom. The van der Waals surface area contributed by atoms with Gasteiger partial charge < -0.3 is 15.4 Å². The van der Waals surface area contributed by atoms with Crippen LogP contribution in [0.1, 0.15) is 28.4 Å². The summed E-state index contributed by atoms with van der Waals surface area (Å²) in [5, 5.41) is 6.52. The number of methoxy groups -OCH3 is 1. The van der Waals surface area contributed by atoms with Crippen LogP contribution in [0.3, 0.4) is 0 Å². The fraction of sp³-hybridized carbons (Fsp3) is 0.130. The molecule has 1 atom stereocenters. The molecule has 0 aliphatic heterocycles. The largest absolute Gasteiger partial charge is 0.495 e. The van der Waals surface area contributed by atoms with Gasteiger partial charge in [-0.3, -0.25) is 9.59 Å². The maximum absolute atomic E-state index is 12.8. The van der Waals surface area contributed by atoms with Crippen molar-refractivity contribution in [2.24, 2.45) is 0 Å². The zero-order chi connectivity index (χ0) is 21.5. The first-order chi connectivity index (χ1) is 14.5. The first-order valence-corrected chi connectivity index (χ1v) is 9.97. The molecule has 0 saturated carbocycles. The van der Waals surface area contributed by atoms with E-state index in [4.69, 9.17) is 27.9 Å². The fourth-order valence-corrected chi connectivity index (χ4v) is 3.38. The van der Waals surface area contributed by atoms with Crippen molar-refractivity contribution in [1.82, 2.24) is 5.32 Å². The highest BCUT2D eigenvalue weighted by Gasteiger charge is 2.21. The minimum Gasteiger partial charge on any atom is -0.495 e. The second-order valence-corrected chi connectivity index (χ2v) is 7.36. The number of anilines is 1. The molecule has 5 nitrogen and oxygen atoms in total. The number of hydrogen-bond acceptors (Lipinski definition) is 3. The molecule has 0 aliphatic rings. The molecule has 3 rings (SSSR count). The fourth-order valence-electron chi connectivity index (χ4n) is 2.98. The third-order valence-corrected chi connectivity index (χ3v) is 5.02. The average Bonchev–Trinajstić information content (AvgIpc) is 2.74. The normalized spacial score (nSPS) is 11.4. The van der Waals surface area contributed by atoms with Gasteiger partial charge in [0, 0.05) is 5.02 Å². The number of carbonyl (C=O) groups is 2. The summed E-state index contributed by atoms with van der Waals surface area (Å²) in [5.74, 6) is -0.171. The summed E-state index contributed by atoms with van der Waals surface area (Å²) in [7, 11) is 1.51. The van der Waals surface area contributed by atoms with Crippen LogP contribution in [0.15, 0.2) is 72.8 Å². The van der Waals surface area contributed by atoms with Crippen molar-refractivity contribution in [2.75, 3.05) is 12.4 Å². The molecule has 7 heteroatoms. The number of rotatable bonds is 7. The lowest BCUT2D eigenvalue weighted by atomic mass is 10.0. The Kier molecular flexibility index (Phi) is 7.33. The predicted molar refractivity (Wildman–Crippen MR) is 119 cm³/mol. The summed E-state index contributed by atoms with van der Waals surface area (Å²) in [4.78, 5) is 25.5. The van der Waals surface area contributed by atoms with Gasteiger partial charge in [0.1, 0.15) is 5.75 Å². The number of ether oxygens (including phenoxy) is 1. The highest BCUT2D eigenvalue weighted by Crippen LogP contribution is 2.28. The smallest absolute Gasteiger partial charge is 0.253 e. The zero-order valence-corrected chi connectivity index (χ0v) is 17.7. The molecular formula is C23H20Cl2N2O3. The Morgan fingerprint density at radius 3 is 2.37 bits per heavy atom. The van der Waals surface area contributed by atoms with Gasteiger partial charge in [-0.25, -0.2) is 0 Å². The Morgan fingerprint density at radius 2 is 1.67 bits per heavy atom. The summed E-state index contributed by atoms with van der Waals surface area (Å²) < 4.78 is 5.27. The summed E-state index contributed by atoms with van der Waals surface area (Å²) in [6.45, 7) is 0. The van der Waals surface area contributed by atoms with Gasteiger partial charge in [0.05, 0.1) is 35.8 Å². The molecule has 154 valence electrons. The van der Waals surface area contributed by atoms with Crippen molar-refractivity contribution in [1.29, 1.82) is 0 Å². The van der Waals surface area contributed by atoms with E-state index in [0.29, 0.717) is 27.0 Å². The first kappa shape index (κ1) is 21.7. The van der Waals surface area contributed by atoms with E-state index in [1.165, 1.54) is 7.11 Å². The van der Waals surface area contributed by atoms with Crippen LogP contribution < -0.4 is 15.4 Å². The third-order valence-electron chi connectivity index (χ3n) is 4.45. The highest BCUT2D eigenvalue weighted by atomic mass is 35.5. The van der Waals surface area contributed by atoms with Crippen LogP contribution in [0.25, 0.3) is 0 Å². The average molecular weight is 443 g/mol. The van der Waals surface area contributed by atoms with Gasteiger partial charge in [-0.05, 0) is 35.9 Å². The maximum atomic E-state index is 12.8. The number of hydrogen-bond donors (Lipinski definition) is 2. The summed E-state index contributed by atoms with van der Waals surface area (Å²) in [5.41, 5.74) is 1.60. The standard InChI is InChI=1S/C23H20Cl2N2O3/c1-30-21-12-11-16(24)13-20(21)26-22(28)14-19(15-7-3-2-4-8-15)27-23(29)17-9-5-6-10-18(17)25/h2-13,19H,14H2,1H3,(H,26,28)(H,27,29). The quantitative estimate of drug-likeness (QED) is 0.507. The van der Waals surface area contributed by atoms with E-state index in [-0.39, 0.29) is 18.2 Å². The lowest BCUT2D eigenvalue weighted by molar-refractivity contribution is -0.116. The van der Waals surface area contributed by atoms with Crippen molar-refractivity contribution >= 4 is 40.7 Å². The SMILES string of the molecule is COc1ccc(Cl)cc1NC(=O)CC(NC(=O)c1ccccc1Cl)c1ccccc1. The van der Waals surface area contributed by atoms with Crippen LogP contribution >= 0.6 is 23.2 Å². The Labute approximate surface area is 185 Å². The zero-order valence-electron chi connectivity index (χ0n) is 16.2. The lowest BCUT2D eigenvalue weighted by Gasteiger charge is -2.20. The Bertz CT molecular complexity index is 1040. The molecule has 30 heavy (non-hydrogen) atoms. The van der Waals surface area contributed by atoms with E-state index in [1.54, 1.807) is 42.5 Å². The van der Waals surface area contributed by atoms with E-state index < -0.39 is 6.04 Å². The molecule has 0 aromatic heterocycles. The number of carbonyl (C=O) groups excluding carboxylic acids is 2. The van der Waals surface area contributed by atoms with Crippen molar-refractivity contribution in [3.05, 3.63) is 94.0 Å². The van der Waals surface area contributed by atoms with Gasteiger partial charge in [0.25, 0.3) is 5.91 Å². The molecule has 0 heterocycles. The van der Waals surface area contributed by atoms with Crippen LogP contribution in [0.2, 0.25) is 10.0 Å². The van der Waals surface area contributed by atoms with Crippen molar-refractivity contribution in [2.45, 2.75) is 12.5 Å². The van der Waals surface area contributed by atoms with Gasteiger partial charge in [-0.15, -0.1) is 0 Å². The second-order valence-electron chi connectivity index (χ2n) is 6.51. The van der Waals surface area contributed by atoms with Gasteiger partial charge in [-0.1, -0.05) is 65.7 Å². The van der Waals surface area contributed by atoms with Crippen molar-refractivity contribution < 1.29 is 14.3 Å². The van der Waals surface area contributed by atoms with E-state index in [2.05, 4.69) is 10.6 Å². The minimum atomic E-state index is -0.555. The van der Waals surface area contributed by atoms with E-state index in [1.807, 2.05) is 30.3 Å². The van der Waals surface area contributed by atoms with Crippen molar-refractivity contribution in [3.8, 4) is 5.75 Å². The van der Waals surface area contributed by atoms with Gasteiger partial charge in [-0.2, -0.15) is 0 Å². The lowest BCUT2D eigenvalue weighted by Crippen LogP contribution is -2.31. The number of amides is 2. The molecule has 0 radical (unpaired) electrons. The molecule has 0 fully saturated rings. The molecule has 2 amide bonds. The van der Waals surface area contributed by atoms with E-state index in [9.17, 15) is 9.59 Å². The first-order valence-electron chi connectivity index (χ1n) is 9.21. The van der Waals surface area contributed by atoms with Crippen LogP contribution in [0, 0.1) is 0 Å². The van der Waals surface area contributed by atoms with E-state index in [0.717, 1.165) is 5.56 Å². The van der Waals surface area contributed by atoms with Crippen LogP contribution in [0.5, 0.6) is 5.75 Å². The molecular weight excluding hydrogens is 423 g/mol. The number of halogens is 2. The summed E-state index contributed by atoms with van der Waals surface area (Å²) in [6, 6.07) is 20.4. The topological polar surface area (TPSA) is 67.4 Å². The second kappa shape index (κ2) is 10.1. The molecule has 1 unspecified atom stereocenters. The number of benzene rings is 3. The van der Waals surface area contributed by atoms with Crippen LogP contribution in [-0.4, -0.2) is 18.9 Å². The highest BCUT2D eigenvalue weighted by molar-refractivity contribution is 6.33. The van der Waals surface area contributed by atoms with Gasteiger partial charge in [0.15, 0.2) is 0 Å². The monoisotopic (exact) mass is 442 g/mol. The molecule has 0 bridgehead atoms. The molecule has 3 aromatic carbocycles. The molecule has 0 saturated heterocycles. The van der Waals surface area contributed by atoms with Gasteiger partial charge in [0.2, 0.25) is 5.91 Å². The van der Waals surface area contributed by atoms with Crippen LogP contribution in [-0.2, 0) is 4.79 Å². The predicted octanol–water partition coefficient (Wildman–Crippen LogP) is 5.50. The minimum absolute atomic E-state index is 0.00980. The molecule has 3 aromatic rings. The van der Waals surface area contributed by atoms with Gasteiger partial charge >= 0.3 is 0 Å². The summed E-state index contributed by atoms with van der Waals surface area (Å²) >= 11 is 12.2. The van der Waals surface area contributed by atoms with Crippen LogP contribution in [0.4, 0.5) is 5.69 Å². The summed E-state index contributed by atoms with van der Waals surface area (Å²) in [6.07, 6.45) is 0.00980. The Balaban J connectivity index is 1.80. The molecule has 0 spiro atoms. The van der Waals surface area contributed by atoms with Crippen molar-refractivity contribution in [3.63, 3.8) is 0 Å². The third kappa shape index (κ3) is 5.53. The maximum Gasteiger partial charge on any atom is 0.253 e. The Hall–Kier alpha value is -3.02.